The Morgan fingerprint density at radius 3 is 2.82 bits per heavy atom. The van der Waals surface area contributed by atoms with E-state index in [0.29, 0.717) is 25.0 Å². The molecule has 4 heteroatoms. The molecule has 0 saturated heterocycles. The molecular formula is C13H16BrNO2. The van der Waals surface area contributed by atoms with Gasteiger partial charge in [-0.25, -0.2) is 0 Å². The summed E-state index contributed by atoms with van der Waals surface area (Å²) in [5.41, 5.74) is 7.24. The Balaban J connectivity index is 1.90. The molecule has 1 aliphatic heterocycles. The lowest BCUT2D eigenvalue weighted by Gasteiger charge is -2.20. The van der Waals surface area contributed by atoms with Crippen molar-refractivity contribution in [1.29, 1.82) is 0 Å². The summed E-state index contributed by atoms with van der Waals surface area (Å²) in [6.45, 7) is 3.33. The van der Waals surface area contributed by atoms with Crippen LogP contribution in [0.3, 0.4) is 0 Å². The molecular weight excluding hydrogens is 282 g/mol. The molecule has 0 bridgehead atoms. The van der Waals surface area contributed by atoms with E-state index < -0.39 is 0 Å². The molecule has 2 N–H and O–H groups in total. The monoisotopic (exact) mass is 297 g/mol. The third-order valence-electron chi connectivity index (χ3n) is 3.56. The number of halogens is 1. The summed E-state index contributed by atoms with van der Waals surface area (Å²) in [6, 6.07) is 4.51. The van der Waals surface area contributed by atoms with E-state index in [9.17, 15) is 0 Å². The average molecular weight is 298 g/mol. The summed E-state index contributed by atoms with van der Waals surface area (Å²) in [5, 5.41) is 0. The zero-order chi connectivity index (χ0) is 12.0. The van der Waals surface area contributed by atoms with Crippen LogP contribution in [-0.2, 0) is 0 Å². The van der Waals surface area contributed by atoms with Crippen molar-refractivity contribution in [1.82, 2.24) is 0 Å². The van der Waals surface area contributed by atoms with Crippen molar-refractivity contribution < 1.29 is 9.47 Å². The molecule has 1 saturated carbocycles. The van der Waals surface area contributed by atoms with Crippen molar-refractivity contribution in [3.8, 4) is 11.5 Å². The second-order valence-corrected chi connectivity index (χ2v) is 5.75. The number of hydrogen-bond acceptors (Lipinski definition) is 3. The van der Waals surface area contributed by atoms with Crippen LogP contribution in [-0.4, -0.2) is 19.3 Å². The average Bonchev–Trinajstić information content (AvgIpc) is 3.09. The molecule has 0 radical (unpaired) electrons. The predicted octanol–water partition coefficient (Wildman–Crippen LogP) is 2.67. The predicted molar refractivity (Wildman–Crippen MR) is 69.6 cm³/mol. The standard InChI is InChI=1S/C13H16BrNO2/c1-7(15)9-6-10(9)8-4-11(14)13-12(5-8)16-2-3-17-13/h4-5,7,9-10H,2-3,6,15H2,1H3. The van der Waals surface area contributed by atoms with Gasteiger partial charge in [-0.3, -0.25) is 0 Å². The van der Waals surface area contributed by atoms with Gasteiger partial charge < -0.3 is 15.2 Å². The molecule has 17 heavy (non-hydrogen) atoms. The Bertz CT molecular complexity index is 447. The maximum atomic E-state index is 5.93. The van der Waals surface area contributed by atoms with Gasteiger partial charge >= 0.3 is 0 Å². The summed E-state index contributed by atoms with van der Waals surface area (Å²) in [5.74, 6) is 2.89. The van der Waals surface area contributed by atoms with Crippen LogP contribution in [0.5, 0.6) is 11.5 Å². The van der Waals surface area contributed by atoms with Gasteiger partial charge in [-0.15, -0.1) is 0 Å². The van der Waals surface area contributed by atoms with Gasteiger partial charge in [0.25, 0.3) is 0 Å². The van der Waals surface area contributed by atoms with Crippen LogP contribution in [0, 0.1) is 5.92 Å². The van der Waals surface area contributed by atoms with E-state index in [1.54, 1.807) is 0 Å². The summed E-state index contributed by atoms with van der Waals surface area (Å²) in [7, 11) is 0. The van der Waals surface area contributed by atoms with Crippen molar-refractivity contribution >= 4 is 15.9 Å². The minimum atomic E-state index is 0.270. The van der Waals surface area contributed by atoms with Gasteiger partial charge in [-0.2, -0.15) is 0 Å². The third kappa shape index (κ3) is 2.04. The molecule has 2 aliphatic rings. The zero-order valence-corrected chi connectivity index (χ0v) is 11.4. The Labute approximate surface area is 109 Å². The topological polar surface area (TPSA) is 44.5 Å². The number of hydrogen-bond donors (Lipinski definition) is 1. The van der Waals surface area contributed by atoms with Crippen LogP contribution in [0.25, 0.3) is 0 Å². The Morgan fingerprint density at radius 1 is 1.35 bits per heavy atom. The highest BCUT2D eigenvalue weighted by Crippen LogP contribution is 2.52. The highest BCUT2D eigenvalue weighted by molar-refractivity contribution is 9.10. The van der Waals surface area contributed by atoms with Gasteiger partial charge in [-0.05, 0) is 58.8 Å². The van der Waals surface area contributed by atoms with Crippen LogP contribution in [0.4, 0.5) is 0 Å². The van der Waals surface area contributed by atoms with Crippen LogP contribution in [0.15, 0.2) is 16.6 Å². The SMILES string of the molecule is CC(N)C1CC1c1cc(Br)c2c(c1)OCCO2. The fourth-order valence-corrected chi connectivity index (χ4v) is 3.10. The Morgan fingerprint density at radius 2 is 2.12 bits per heavy atom. The molecule has 0 spiro atoms. The molecule has 1 aromatic carbocycles. The molecule has 3 rings (SSSR count). The first kappa shape index (κ1) is 11.4. The summed E-state index contributed by atoms with van der Waals surface area (Å²) in [4.78, 5) is 0. The first-order chi connectivity index (χ1) is 8.16. The minimum Gasteiger partial charge on any atom is -0.486 e. The lowest BCUT2D eigenvalue weighted by molar-refractivity contribution is 0.170. The van der Waals surface area contributed by atoms with E-state index in [1.165, 1.54) is 12.0 Å². The molecule has 1 aromatic rings. The molecule has 3 nitrogen and oxygen atoms in total. The minimum absolute atomic E-state index is 0.270. The first-order valence-corrected chi connectivity index (χ1v) is 6.80. The number of benzene rings is 1. The normalized spacial score (nSPS) is 27.7. The van der Waals surface area contributed by atoms with Crippen LogP contribution < -0.4 is 15.2 Å². The second kappa shape index (κ2) is 4.18. The van der Waals surface area contributed by atoms with Gasteiger partial charge in [0.2, 0.25) is 0 Å². The van der Waals surface area contributed by atoms with Crippen molar-refractivity contribution in [3.05, 3.63) is 22.2 Å². The van der Waals surface area contributed by atoms with E-state index in [4.69, 9.17) is 15.2 Å². The molecule has 0 amide bonds. The largest absolute Gasteiger partial charge is 0.486 e. The molecule has 3 unspecified atom stereocenters. The van der Waals surface area contributed by atoms with E-state index >= 15 is 0 Å². The molecule has 92 valence electrons. The fourth-order valence-electron chi connectivity index (χ4n) is 2.52. The van der Waals surface area contributed by atoms with Crippen molar-refractivity contribution in [2.45, 2.75) is 25.3 Å². The number of rotatable bonds is 2. The molecule has 1 aliphatic carbocycles. The summed E-state index contributed by atoms with van der Waals surface area (Å²) < 4.78 is 12.2. The first-order valence-electron chi connectivity index (χ1n) is 6.01. The van der Waals surface area contributed by atoms with E-state index in [2.05, 4.69) is 35.0 Å². The highest BCUT2D eigenvalue weighted by Gasteiger charge is 2.41. The summed E-state index contributed by atoms with van der Waals surface area (Å²) in [6.07, 6.45) is 1.18. The van der Waals surface area contributed by atoms with Gasteiger partial charge in [0.15, 0.2) is 11.5 Å². The van der Waals surface area contributed by atoms with E-state index in [0.717, 1.165) is 16.0 Å². The van der Waals surface area contributed by atoms with Gasteiger partial charge in [0.1, 0.15) is 13.2 Å². The quantitative estimate of drug-likeness (QED) is 0.913. The van der Waals surface area contributed by atoms with Crippen LogP contribution in [0.1, 0.15) is 24.8 Å². The Hall–Kier alpha value is -0.740. The van der Waals surface area contributed by atoms with Crippen LogP contribution in [0.2, 0.25) is 0 Å². The van der Waals surface area contributed by atoms with Crippen molar-refractivity contribution in [3.63, 3.8) is 0 Å². The lowest BCUT2D eigenvalue weighted by atomic mass is 10.1. The Kier molecular flexibility index (Phi) is 2.79. The zero-order valence-electron chi connectivity index (χ0n) is 9.78. The number of ether oxygens (including phenoxy) is 2. The number of nitrogens with two attached hydrogens (primary N) is 1. The molecule has 1 heterocycles. The molecule has 0 aromatic heterocycles. The molecule has 3 atom stereocenters. The van der Waals surface area contributed by atoms with E-state index in [1.807, 2.05) is 0 Å². The summed E-state index contributed by atoms with van der Waals surface area (Å²) >= 11 is 3.55. The fraction of sp³-hybridized carbons (Fsp3) is 0.538. The van der Waals surface area contributed by atoms with Crippen molar-refractivity contribution in [2.75, 3.05) is 13.2 Å². The number of fused-ring (bicyclic) bond motifs is 1. The smallest absolute Gasteiger partial charge is 0.175 e. The second-order valence-electron chi connectivity index (χ2n) is 4.89. The van der Waals surface area contributed by atoms with Gasteiger partial charge in [0, 0.05) is 6.04 Å². The van der Waals surface area contributed by atoms with Gasteiger partial charge in [0.05, 0.1) is 4.47 Å². The highest BCUT2D eigenvalue weighted by atomic mass is 79.9. The van der Waals surface area contributed by atoms with Crippen molar-refractivity contribution in [2.24, 2.45) is 11.7 Å². The lowest BCUT2D eigenvalue weighted by Crippen LogP contribution is -2.18. The van der Waals surface area contributed by atoms with Gasteiger partial charge in [-0.1, -0.05) is 0 Å². The van der Waals surface area contributed by atoms with Crippen LogP contribution >= 0.6 is 15.9 Å². The third-order valence-corrected chi connectivity index (χ3v) is 4.15. The maximum absolute atomic E-state index is 5.93. The van der Waals surface area contributed by atoms with E-state index in [-0.39, 0.29) is 6.04 Å². The molecule has 1 fully saturated rings. The maximum Gasteiger partial charge on any atom is 0.175 e.